The van der Waals surface area contributed by atoms with Gasteiger partial charge in [-0.3, -0.25) is 0 Å². The molecule has 20 heavy (non-hydrogen) atoms. The predicted molar refractivity (Wildman–Crippen MR) is 81.4 cm³/mol. The molecule has 2 rings (SSSR count). The van der Waals surface area contributed by atoms with Crippen LogP contribution in [0, 0.1) is 6.92 Å². The molecule has 2 atom stereocenters. The number of benzene rings is 1. The molecule has 1 heterocycles. The van der Waals surface area contributed by atoms with Crippen molar-refractivity contribution in [1.82, 2.24) is 4.31 Å². The second-order valence-electron chi connectivity index (χ2n) is 5.47. The van der Waals surface area contributed by atoms with Crippen molar-refractivity contribution in [3.63, 3.8) is 0 Å². The molecule has 0 radical (unpaired) electrons. The van der Waals surface area contributed by atoms with Crippen LogP contribution in [-0.4, -0.2) is 31.4 Å². The standard InChI is InChI=1S/C14H21ClN2O2S/c1-10-6-7-14(12(15)9-10)20(18,19)17-8-4-3-5-13(17)11(2)16/h6-7,9,11,13H,3-5,8,16H2,1-2H3. The third kappa shape index (κ3) is 3.01. The topological polar surface area (TPSA) is 63.4 Å². The average Bonchev–Trinajstić information content (AvgIpc) is 2.38. The second-order valence-corrected chi connectivity index (χ2v) is 7.74. The van der Waals surface area contributed by atoms with Gasteiger partial charge in [-0.05, 0) is 44.4 Å². The summed E-state index contributed by atoms with van der Waals surface area (Å²) in [6.45, 7) is 4.25. The first-order valence-corrected chi connectivity index (χ1v) is 8.69. The highest BCUT2D eigenvalue weighted by molar-refractivity contribution is 7.89. The first-order valence-electron chi connectivity index (χ1n) is 6.87. The average molecular weight is 317 g/mol. The second kappa shape index (κ2) is 6.02. The number of rotatable bonds is 3. The van der Waals surface area contributed by atoms with Crippen LogP contribution in [0.5, 0.6) is 0 Å². The molecule has 0 spiro atoms. The van der Waals surface area contributed by atoms with Crippen LogP contribution in [0.1, 0.15) is 31.7 Å². The number of piperidine rings is 1. The van der Waals surface area contributed by atoms with Crippen LogP contribution in [0.25, 0.3) is 0 Å². The summed E-state index contributed by atoms with van der Waals surface area (Å²) in [4.78, 5) is 0.178. The molecule has 6 heteroatoms. The quantitative estimate of drug-likeness (QED) is 0.932. The molecule has 1 aromatic rings. The van der Waals surface area contributed by atoms with Crippen molar-refractivity contribution in [2.75, 3.05) is 6.54 Å². The molecule has 0 saturated carbocycles. The van der Waals surface area contributed by atoms with E-state index in [1.807, 2.05) is 13.8 Å². The normalized spacial score (nSPS) is 22.7. The smallest absolute Gasteiger partial charge is 0.244 e. The first kappa shape index (κ1) is 15.8. The maximum atomic E-state index is 12.8. The minimum absolute atomic E-state index is 0.147. The highest BCUT2D eigenvalue weighted by Gasteiger charge is 2.36. The molecule has 1 aliphatic rings. The van der Waals surface area contributed by atoms with E-state index in [2.05, 4.69) is 0 Å². The molecule has 1 aliphatic heterocycles. The van der Waals surface area contributed by atoms with Gasteiger partial charge < -0.3 is 5.73 Å². The Labute approximate surface area is 126 Å². The Morgan fingerprint density at radius 3 is 2.70 bits per heavy atom. The molecule has 0 aromatic heterocycles. The molecule has 4 nitrogen and oxygen atoms in total. The molecular weight excluding hydrogens is 296 g/mol. The number of sulfonamides is 1. The summed E-state index contributed by atoms with van der Waals surface area (Å²) in [6.07, 6.45) is 2.69. The zero-order valence-electron chi connectivity index (χ0n) is 11.8. The molecule has 112 valence electrons. The molecule has 0 aliphatic carbocycles. The van der Waals surface area contributed by atoms with Gasteiger partial charge in [0.15, 0.2) is 0 Å². The molecule has 2 N–H and O–H groups in total. The lowest BCUT2D eigenvalue weighted by atomic mass is 10.00. The summed E-state index contributed by atoms with van der Waals surface area (Å²) in [5.74, 6) is 0. The van der Waals surface area contributed by atoms with E-state index in [4.69, 9.17) is 17.3 Å². The molecule has 0 amide bonds. The Morgan fingerprint density at radius 2 is 2.10 bits per heavy atom. The van der Waals surface area contributed by atoms with E-state index in [1.165, 1.54) is 4.31 Å². The zero-order chi connectivity index (χ0) is 14.9. The molecule has 1 fully saturated rings. The van der Waals surface area contributed by atoms with Crippen LogP contribution in [0.15, 0.2) is 23.1 Å². The molecule has 2 unspecified atom stereocenters. The summed E-state index contributed by atoms with van der Waals surface area (Å²) in [6, 6.07) is 4.70. The van der Waals surface area contributed by atoms with Gasteiger partial charge in [0.2, 0.25) is 10.0 Å². The maximum absolute atomic E-state index is 12.8. The van der Waals surface area contributed by atoms with Crippen LogP contribution >= 0.6 is 11.6 Å². The predicted octanol–water partition coefficient (Wildman–Crippen LogP) is 2.54. The van der Waals surface area contributed by atoms with Gasteiger partial charge in [0, 0.05) is 18.6 Å². The van der Waals surface area contributed by atoms with Gasteiger partial charge in [-0.15, -0.1) is 0 Å². The number of nitrogens with zero attached hydrogens (tertiary/aromatic N) is 1. The van der Waals surface area contributed by atoms with Crippen molar-refractivity contribution in [2.45, 2.75) is 50.1 Å². The third-order valence-electron chi connectivity index (χ3n) is 3.78. The minimum atomic E-state index is -3.58. The Bertz CT molecular complexity index is 587. The minimum Gasteiger partial charge on any atom is -0.326 e. The van der Waals surface area contributed by atoms with Gasteiger partial charge in [-0.25, -0.2) is 8.42 Å². The summed E-state index contributed by atoms with van der Waals surface area (Å²) in [7, 11) is -3.58. The van der Waals surface area contributed by atoms with E-state index in [9.17, 15) is 8.42 Å². The number of hydrogen-bond acceptors (Lipinski definition) is 3. The number of aryl methyl sites for hydroxylation is 1. The summed E-state index contributed by atoms with van der Waals surface area (Å²) in [5.41, 5.74) is 6.90. The molecular formula is C14H21ClN2O2S. The number of hydrogen-bond donors (Lipinski definition) is 1. The van der Waals surface area contributed by atoms with Gasteiger partial charge >= 0.3 is 0 Å². The first-order chi connectivity index (χ1) is 9.34. The van der Waals surface area contributed by atoms with E-state index >= 15 is 0 Å². The van der Waals surface area contributed by atoms with Gasteiger partial charge in [0.1, 0.15) is 4.90 Å². The van der Waals surface area contributed by atoms with Gasteiger partial charge in [0.25, 0.3) is 0 Å². The van der Waals surface area contributed by atoms with Crippen molar-refractivity contribution >= 4 is 21.6 Å². The highest BCUT2D eigenvalue weighted by atomic mass is 35.5. The maximum Gasteiger partial charge on any atom is 0.244 e. The number of nitrogens with two attached hydrogens (primary N) is 1. The Hall–Kier alpha value is -0.620. The van der Waals surface area contributed by atoms with Gasteiger partial charge in [-0.1, -0.05) is 24.1 Å². The summed E-state index contributed by atoms with van der Waals surface area (Å²) >= 11 is 6.12. The summed E-state index contributed by atoms with van der Waals surface area (Å²) in [5, 5.41) is 0.277. The lowest BCUT2D eigenvalue weighted by Gasteiger charge is -2.37. The van der Waals surface area contributed by atoms with Crippen LogP contribution in [0.3, 0.4) is 0 Å². The zero-order valence-corrected chi connectivity index (χ0v) is 13.4. The van der Waals surface area contributed by atoms with Crippen LogP contribution in [-0.2, 0) is 10.0 Å². The number of halogens is 1. The fraction of sp³-hybridized carbons (Fsp3) is 0.571. The fourth-order valence-corrected chi connectivity index (χ4v) is 5.04. The van der Waals surface area contributed by atoms with E-state index in [-0.39, 0.29) is 22.0 Å². The van der Waals surface area contributed by atoms with Crippen molar-refractivity contribution < 1.29 is 8.42 Å². The molecule has 0 bridgehead atoms. The van der Waals surface area contributed by atoms with E-state index in [0.717, 1.165) is 24.8 Å². The van der Waals surface area contributed by atoms with Gasteiger partial charge in [0.05, 0.1) is 5.02 Å². The van der Waals surface area contributed by atoms with Crippen molar-refractivity contribution in [2.24, 2.45) is 5.73 Å². The van der Waals surface area contributed by atoms with Gasteiger partial charge in [-0.2, -0.15) is 4.31 Å². The lowest BCUT2D eigenvalue weighted by Crippen LogP contribution is -2.51. The largest absolute Gasteiger partial charge is 0.326 e. The fourth-order valence-electron chi connectivity index (χ4n) is 2.70. The van der Waals surface area contributed by atoms with E-state index in [1.54, 1.807) is 18.2 Å². The lowest BCUT2D eigenvalue weighted by molar-refractivity contribution is 0.227. The van der Waals surface area contributed by atoms with Crippen LogP contribution in [0.2, 0.25) is 5.02 Å². The molecule has 1 aromatic carbocycles. The Balaban J connectivity index is 2.42. The van der Waals surface area contributed by atoms with E-state index in [0.29, 0.717) is 6.54 Å². The SMILES string of the molecule is Cc1ccc(S(=O)(=O)N2CCCCC2C(C)N)c(Cl)c1. The van der Waals surface area contributed by atoms with Crippen LogP contribution < -0.4 is 5.73 Å². The van der Waals surface area contributed by atoms with Crippen molar-refractivity contribution in [3.8, 4) is 0 Å². The Kier molecular flexibility index (Phi) is 4.74. The van der Waals surface area contributed by atoms with Crippen molar-refractivity contribution in [3.05, 3.63) is 28.8 Å². The third-order valence-corrected chi connectivity index (χ3v) is 6.19. The summed E-state index contributed by atoms with van der Waals surface area (Å²) < 4.78 is 27.2. The van der Waals surface area contributed by atoms with E-state index < -0.39 is 10.0 Å². The molecule has 1 saturated heterocycles. The van der Waals surface area contributed by atoms with Crippen LogP contribution in [0.4, 0.5) is 0 Å². The highest BCUT2D eigenvalue weighted by Crippen LogP contribution is 2.30. The monoisotopic (exact) mass is 316 g/mol. The van der Waals surface area contributed by atoms with Crippen molar-refractivity contribution in [1.29, 1.82) is 0 Å². The Morgan fingerprint density at radius 1 is 1.40 bits per heavy atom.